The van der Waals surface area contributed by atoms with Crippen molar-refractivity contribution in [3.05, 3.63) is 58.4 Å². The van der Waals surface area contributed by atoms with E-state index in [0.29, 0.717) is 11.3 Å². The summed E-state index contributed by atoms with van der Waals surface area (Å²) in [5.74, 6) is -1.53. The van der Waals surface area contributed by atoms with Crippen LogP contribution in [0.4, 0.5) is 15.8 Å². The molecule has 2 amide bonds. The van der Waals surface area contributed by atoms with Gasteiger partial charge in [-0.15, -0.1) is 0 Å². The van der Waals surface area contributed by atoms with Crippen molar-refractivity contribution < 1.29 is 14.0 Å². The SMILES string of the molecule is NC(=O)c1ccc(N2CCCC2)c(NC(=O)Cc2c(F)cccc2Cl)c1. The van der Waals surface area contributed by atoms with Gasteiger partial charge in [0, 0.05) is 29.2 Å². The fourth-order valence-electron chi connectivity index (χ4n) is 3.08. The highest BCUT2D eigenvalue weighted by molar-refractivity contribution is 6.31. The van der Waals surface area contributed by atoms with Crippen LogP contribution in [0, 0.1) is 5.82 Å². The molecule has 0 saturated carbocycles. The highest BCUT2D eigenvalue weighted by Crippen LogP contribution is 2.30. The molecule has 0 bridgehead atoms. The standard InChI is InChI=1S/C19H19ClFN3O2/c20-14-4-3-5-15(21)13(14)11-18(25)23-16-10-12(19(22)26)6-7-17(16)24-8-1-2-9-24/h3-7,10H,1-2,8-9,11H2,(H2,22,26)(H,23,25). The zero-order valence-electron chi connectivity index (χ0n) is 14.1. The number of halogens is 2. The van der Waals surface area contributed by atoms with E-state index in [1.165, 1.54) is 18.2 Å². The van der Waals surface area contributed by atoms with Crippen LogP contribution in [0.5, 0.6) is 0 Å². The second kappa shape index (κ2) is 7.74. The van der Waals surface area contributed by atoms with Crippen LogP contribution in [-0.2, 0) is 11.2 Å². The average molecular weight is 376 g/mol. The number of amides is 2. The third kappa shape index (κ3) is 3.96. The number of hydrogen-bond acceptors (Lipinski definition) is 3. The minimum atomic E-state index is -0.578. The number of carbonyl (C=O) groups is 2. The van der Waals surface area contributed by atoms with Crippen molar-refractivity contribution in [2.45, 2.75) is 19.3 Å². The molecule has 2 aromatic carbocycles. The Kier molecular flexibility index (Phi) is 5.42. The van der Waals surface area contributed by atoms with E-state index in [1.54, 1.807) is 18.2 Å². The lowest BCUT2D eigenvalue weighted by atomic mass is 10.1. The quantitative estimate of drug-likeness (QED) is 0.841. The Balaban J connectivity index is 1.86. The molecule has 0 unspecified atom stereocenters. The molecule has 1 aliphatic heterocycles. The summed E-state index contributed by atoms with van der Waals surface area (Å²) in [7, 11) is 0. The van der Waals surface area contributed by atoms with Crippen LogP contribution in [0.2, 0.25) is 5.02 Å². The van der Waals surface area contributed by atoms with Crippen molar-refractivity contribution in [3.63, 3.8) is 0 Å². The molecule has 3 rings (SSSR count). The molecule has 136 valence electrons. The first kappa shape index (κ1) is 18.2. The normalized spacial score (nSPS) is 13.7. The van der Waals surface area contributed by atoms with Crippen LogP contribution in [-0.4, -0.2) is 24.9 Å². The smallest absolute Gasteiger partial charge is 0.248 e. The Labute approximate surface area is 155 Å². The minimum absolute atomic E-state index is 0.139. The number of primary amides is 1. The molecule has 1 saturated heterocycles. The molecule has 0 spiro atoms. The Morgan fingerprint density at radius 3 is 2.58 bits per heavy atom. The predicted molar refractivity (Wildman–Crippen MR) is 100 cm³/mol. The lowest BCUT2D eigenvalue weighted by Gasteiger charge is -2.22. The highest BCUT2D eigenvalue weighted by atomic mass is 35.5. The Bertz CT molecular complexity index is 830. The van der Waals surface area contributed by atoms with Gasteiger partial charge >= 0.3 is 0 Å². The summed E-state index contributed by atoms with van der Waals surface area (Å²) in [5.41, 5.74) is 7.09. The largest absolute Gasteiger partial charge is 0.370 e. The summed E-state index contributed by atoms with van der Waals surface area (Å²) >= 11 is 5.99. The number of hydrogen-bond donors (Lipinski definition) is 2. The molecular formula is C19H19ClFN3O2. The minimum Gasteiger partial charge on any atom is -0.370 e. The lowest BCUT2D eigenvalue weighted by Crippen LogP contribution is -2.23. The van der Waals surface area contributed by atoms with Gasteiger partial charge in [-0.1, -0.05) is 17.7 Å². The molecule has 0 radical (unpaired) electrons. The maximum Gasteiger partial charge on any atom is 0.248 e. The van der Waals surface area contributed by atoms with Crippen LogP contribution in [0.1, 0.15) is 28.8 Å². The molecule has 0 aliphatic carbocycles. The van der Waals surface area contributed by atoms with E-state index in [9.17, 15) is 14.0 Å². The van der Waals surface area contributed by atoms with E-state index in [0.717, 1.165) is 31.6 Å². The van der Waals surface area contributed by atoms with E-state index in [4.69, 9.17) is 17.3 Å². The summed E-state index contributed by atoms with van der Waals surface area (Å²) in [6, 6.07) is 9.25. The molecule has 0 aromatic heterocycles. The third-order valence-electron chi connectivity index (χ3n) is 4.40. The van der Waals surface area contributed by atoms with Crippen LogP contribution < -0.4 is 16.0 Å². The van der Waals surface area contributed by atoms with E-state index >= 15 is 0 Å². The number of nitrogens with one attached hydrogen (secondary N) is 1. The van der Waals surface area contributed by atoms with Crippen LogP contribution >= 0.6 is 11.6 Å². The topological polar surface area (TPSA) is 75.4 Å². The van der Waals surface area contributed by atoms with Crippen molar-refractivity contribution in [1.82, 2.24) is 0 Å². The first-order valence-corrected chi connectivity index (χ1v) is 8.75. The highest BCUT2D eigenvalue weighted by Gasteiger charge is 2.19. The molecule has 1 fully saturated rings. The van der Waals surface area contributed by atoms with Gasteiger partial charge in [-0.05, 0) is 43.2 Å². The second-order valence-corrected chi connectivity index (χ2v) is 6.62. The molecule has 26 heavy (non-hydrogen) atoms. The maximum absolute atomic E-state index is 13.9. The number of nitrogens with zero attached hydrogens (tertiary/aromatic N) is 1. The van der Waals surface area contributed by atoms with E-state index in [-0.39, 0.29) is 17.0 Å². The molecule has 0 atom stereocenters. The van der Waals surface area contributed by atoms with Gasteiger partial charge in [0.1, 0.15) is 5.82 Å². The molecule has 5 nitrogen and oxygen atoms in total. The third-order valence-corrected chi connectivity index (χ3v) is 4.76. The zero-order valence-corrected chi connectivity index (χ0v) is 14.9. The van der Waals surface area contributed by atoms with Crippen LogP contribution in [0.3, 0.4) is 0 Å². The molecule has 1 aliphatic rings. The van der Waals surface area contributed by atoms with Gasteiger partial charge in [0.2, 0.25) is 11.8 Å². The molecule has 3 N–H and O–H groups in total. The fraction of sp³-hybridized carbons (Fsp3) is 0.263. The monoisotopic (exact) mass is 375 g/mol. The van der Waals surface area contributed by atoms with Crippen molar-refractivity contribution >= 4 is 34.8 Å². The van der Waals surface area contributed by atoms with Gasteiger partial charge in [0.05, 0.1) is 17.8 Å². The number of benzene rings is 2. The van der Waals surface area contributed by atoms with Crippen LogP contribution in [0.25, 0.3) is 0 Å². The number of anilines is 2. The van der Waals surface area contributed by atoms with E-state index < -0.39 is 17.6 Å². The first-order valence-electron chi connectivity index (χ1n) is 8.37. The van der Waals surface area contributed by atoms with Gasteiger partial charge in [-0.2, -0.15) is 0 Å². The first-order chi connectivity index (χ1) is 12.5. The predicted octanol–water partition coefficient (Wildman–Crippen LogP) is 3.36. The number of carbonyl (C=O) groups excluding carboxylic acids is 2. The van der Waals surface area contributed by atoms with Gasteiger partial charge in [-0.3, -0.25) is 9.59 Å². The Hall–Kier alpha value is -2.60. The van der Waals surface area contributed by atoms with E-state index in [1.807, 2.05) is 0 Å². The van der Waals surface area contributed by atoms with Gasteiger partial charge < -0.3 is 16.0 Å². The Morgan fingerprint density at radius 1 is 1.19 bits per heavy atom. The summed E-state index contributed by atoms with van der Waals surface area (Å²) in [6.07, 6.45) is 1.93. The second-order valence-electron chi connectivity index (χ2n) is 6.22. The molecule has 7 heteroatoms. The summed E-state index contributed by atoms with van der Waals surface area (Å²) in [6.45, 7) is 1.75. The van der Waals surface area contributed by atoms with Crippen molar-refractivity contribution in [2.75, 3.05) is 23.3 Å². The van der Waals surface area contributed by atoms with Gasteiger partial charge in [0.25, 0.3) is 0 Å². The van der Waals surface area contributed by atoms with Crippen molar-refractivity contribution in [3.8, 4) is 0 Å². The molecule has 1 heterocycles. The van der Waals surface area contributed by atoms with Gasteiger partial charge in [0.15, 0.2) is 0 Å². The summed E-state index contributed by atoms with van der Waals surface area (Å²) in [5, 5.41) is 2.97. The zero-order chi connectivity index (χ0) is 18.7. The van der Waals surface area contributed by atoms with Gasteiger partial charge in [-0.25, -0.2) is 4.39 Å². The Morgan fingerprint density at radius 2 is 1.92 bits per heavy atom. The van der Waals surface area contributed by atoms with Crippen molar-refractivity contribution in [2.24, 2.45) is 5.73 Å². The average Bonchev–Trinajstić information content (AvgIpc) is 3.12. The van der Waals surface area contributed by atoms with E-state index in [2.05, 4.69) is 10.2 Å². The fourth-order valence-corrected chi connectivity index (χ4v) is 3.31. The number of rotatable bonds is 5. The molecular weight excluding hydrogens is 357 g/mol. The van der Waals surface area contributed by atoms with Crippen LogP contribution in [0.15, 0.2) is 36.4 Å². The maximum atomic E-state index is 13.9. The summed E-state index contributed by atoms with van der Waals surface area (Å²) < 4.78 is 13.9. The number of nitrogens with two attached hydrogens (primary N) is 1. The molecule has 2 aromatic rings. The lowest BCUT2D eigenvalue weighted by molar-refractivity contribution is -0.115. The van der Waals surface area contributed by atoms with Crippen molar-refractivity contribution in [1.29, 1.82) is 0 Å². The summed E-state index contributed by atoms with van der Waals surface area (Å²) in [4.78, 5) is 26.1.